The summed E-state index contributed by atoms with van der Waals surface area (Å²) in [6.45, 7) is 11.8. The minimum Gasteiger partial charge on any atom is -0.420 e. The van der Waals surface area contributed by atoms with Crippen molar-refractivity contribution in [3.8, 4) is 34.5 Å². The zero-order valence-electron chi connectivity index (χ0n) is 84.4. The van der Waals surface area contributed by atoms with Crippen LogP contribution in [-0.2, 0) is 35.4 Å². The lowest BCUT2D eigenvalue weighted by atomic mass is 10.2. The normalized spacial score (nSPS) is 12.4. The van der Waals surface area contributed by atoms with E-state index in [1.54, 1.807) is 22.0 Å². The third-order valence-corrected chi connectivity index (χ3v) is 61.3. The Kier molecular flexibility index (Phi) is 37.4. The summed E-state index contributed by atoms with van der Waals surface area (Å²) in [5.74, 6) is 4.18. The van der Waals surface area contributed by atoms with Crippen LogP contribution < -0.4 is 101 Å². The standard InChI is InChI=1S/C119H129N5O6P8S3Si4/c1-123(137(140,127-102-73-81-114(82-74-102)131(106-45-22-12-23-46-106)107-47-24-13-25-48-107)128-103-75-83-115(84-76-103)132(108-49-26-14-27-50-108)109-51-28-15-29-52-109)120-95-98-65-69-100(70-66-98)125-136(139,122-135(118-61-38-20-39-62-118,119-63-40-21-41-64-119)97-145(92-42-89-142(3,4)5,93-43-90-143(6,7)8)94-44-91-144(9,10)11)126-101-71-67-99(68-72-101)96-121-124(2)138(141,129-104-77-85-116(86-78-104)133(110-53-30-16-31-54-110)111-55-32-17-33-56-111)130-105-79-87-117(88-80-105)134(112-57-34-18-35-58-112)113-59-36-19-37-60-113/h12-41,45-88,95-96H,42-44,89-94,97H2,1-11H3/b120-95+,121-96+. The summed E-state index contributed by atoms with van der Waals surface area (Å²) in [5.41, 5.74) is 1.53. The van der Waals surface area contributed by atoms with E-state index in [2.05, 4.69) is 411 Å². The van der Waals surface area contributed by atoms with Gasteiger partial charge in [0.2, 0.25) is 0 Å². The SMILES string of the molecule is CN(/N=C/c1ccc(OP(=S)(N=P(C[Si](CCC[Si](C)(C)C)(CCC[Si](C)(C)C)CCC[Si](C)(C)C)(c2ccccc2)c2ccccc2)Oc2ccc(/C=N/N(C)P(=S)(Oc3ccc(P(c4ccccc4)c4ccccc4)cc3)Oc3ccc(P(c4ccccc4)c4ccccc4)cc3)cc2)cc1)P(=S)(Oc1ccc(P(c2ccccc2)c2ccccc2)cc1)Oc1ccc(P(c2ccccc2)c2ccccc2)cc1. The third kappa shape index (κ3) is 30.2. The first-order valence-corrected chi connectivity index (χ1v) is 78.5. The van der Waals surface area contributed by atoms with Crippen molar-refractivity contribution in [2.45, 2.75) is 114 Å². The lowest BCUT2D eigenvalue weighted by Gasteiger charge is -2.41. The van der Waals surface area contributed by atoms with Gasteiger partial charge in [0.1, 0.15) is 34.5 Å². The molecule has 0 aliphatic rings. The topological polar surface area (TPSA) is 98.9 Å². The van der Waals surface area contributed by atoms with Gasteiger partial charge in [0.15, 0.2) is 0 Å². The molecule has 145 heavy (non-hydrogen) atoms. The maximum absolute atomic E-state index is 7.60. The van der Waals surface area contributed by atoms with Crippen LogP contribution in [0.25, 0.3) is 0 Å². The van der Waals surface area contributed by atoms with Gasteiger partial charge in [0.05, 0.1) is 20.5 Å². The largest absolute Gasteiger partial charge is 0.420 e. The highest BCUT2D eigenvalue weighted by atomic mass is 32.5. The van der Waals surface area contributed by atoms with Crippen molar-refractivity contribution in [3.05, 3.63) is 460 Å². The molecular weight excluding hydrogens is 2050 g/mol. The van der Waals surface area contributed by atoms with Gasteiger partial charge in [0.25, 0.3) is 0 Å². The zero-order valence-corrected chi connectivity index (χ0v) is 98.0. The molecule has 0 amide bonds. The Morgan fingerprint density at radius 1 is 0.241 bits per heavy atom. The fourth-order valence-electron chi connectivity index (χ4n) is 17.9. The van der Waals surface area contributed by atoms with Gasteiger partial charge >= 0.3 is 19.9 Å². The molecule has 0 bridgehead atoms. The number of hydrazone groups is 2. The Hall–Kier alpha value is -9.97. The van der Waals surface area contributed by atoms with E-state index in [1.807, 2.05) is 111 Å². The summed E-state index contributed by atoms with van der Waals surface area (Å²) in [5, 5.41) is 27.3. The van der Waals surface area contributed by atoms with E-state index in [-0.39, 0.29) is 0 Å². The van der Waals surface area contributed by atoms with Crippen LogP contribution in [0.3, 0.4) is 0 Å². The number of rotatable bonds is 47. The highest BCUT2D eigenvalue weighted by Crippen LogP contribution is 2.64. The molecule has 740 valence electrons. The summed E-state index contributed by atoms with van der Waals surface area (Å²) in [6.07, 6.45) is 7.23. The van der Waals surface area contributed by atoms with Gasteiger partial charge in [-0.1, -0.05) is 466 Å². The molecule has 0 unspecified atom stereocenters. The third-order valence-electron chi connectivity index (χ3n) is 25.1. The zero-order chi connectivity index (χ0) is 101. The highest BCUT2D eigenvalue weighted by Gasteiger charge is 2.44. The molecule has 11 nitrogen and oxygen atoms in total. The van der Waals surface area contributed by atoms with E-state index in [9.17, 15) is 0 Å². The molecule has 0 radical (unpaired) electrons. The fraction of sp³-hybridized carbons (Fsp3) is 0.176. The van der Waals surface area contributed by atoms with Crippen molar-refractivity contribution in [2.75, 3.05) is 19.9 Å². The molecular formula is C119H129N5O6P8S3Si4. The van der Waals surface area contributed by atoms with E-state index in [1.165, 1.54) is 130 Å². The summed E-state index contributed by atoms with van der Waals surface area (Å²) >= 11 is 20.8. The first-order valence-electron chi connectivity index (χ1n) is 49.5. The maximum atomic E-state index is 7.60. The molecule has 0 atom stereocenters. The van der Waals surface area contributed by atoms with Crippen molar-refractivity contribution in [1.82, 2.24) is 9.56 Å². The molecule has 0 heterocycles. The quantitative estimate of drug-likeness (QED) is 0.0158. The van der Waals surface area contributed by atoms with Crippen molar-refractivity contribution >= 4 is 213 Å². The van der Waals surface area contributed by atoms with Crippen molar-refractivity contribution in [2.24, 2.45) is 14.7 Å². The molecule has 16 aromatic rings. The van der Waals surface area contributed by atoms with Crippen LogP contribution in [-0.4, -0.2) is 74.2 Å². The first-order chi connectivity index (χ1) is 70.0. The second kappa shape index (κ2) is 50.4. The van der Waals surface area contributed by atoms with Gasteiger partial charge in [-0.15, -0.1) is 0 Å². The first kappa shape index (κ1) is 108. The predicted octanol–water partition coefficient (Wildman–Crippen LogP) is 28.7. The molecule has 0 aliphatic heterocycles. The van der Waals surface area contributed by atoms with Gasteiger partial charge in [-0.05, 0) is 220 Å². The highest BCUT2D eigenvalue weighted by molar-refractivity contribution is 8.11. The predicted molar refractivity (Wildman–Crippen MR) is 656 cm³/mol. The smallest absolute Gasteiger partial charge is 0.413 e. The molecule has 16 aromatic carbocycles. The minimum atomic E-state index is -3.91. The van der Waals surface area contributed by atoms with E-state index in [0.29, 0.717) is 34.5 Å². The van der Waals surface area contributed by atoms with Gasteiger partial charge < -0.3 is 27.1 Å². The van der Waals surface area contributed by atoms with Crippen LogP contribution in [0.15, 0.2) is 464 Å². The fourth-order valence-corrected chi connectivity index (χ4v) is 53.8. The number of hydrogen-bond acceptors (Lipinski definition) is 11. The van der Waals surface area contributed by atoms with Crippen LogP contribution in [0.4, 0.5) is 0 Å². The van der Waals surface area contributed by atoms with E-state index >= 15 is 0 Å². The summed E-state index contributed by atoms with van der Waals surface area (Å²) < 4.78 is 53.3. The van der Waals surface area contributed by atoms with Crippen LogP contribution in [0.1, 0.15) is 30.4 Å². The summed E-state index contributed by atoms with van der Waals surface area (Å²) in [6, 6.07) is 164. The average Bonchev–Trinajstić information content (AvgIpc) is 0.741. The van der Waals surface area contributed by atoms with Crippen LogP contribution in [0.2, 0.25) is 95.2 Å². The second-order valence-electron chi connectivity index (χ2n) is 40.0. The maximum Gasteiger partial charge on any atom is 0.413 e. The molecule has 0 N–H and O–H groups in total. The summed E-state index contributed by atoms with van der Waals surface area (Å²) in [7, 11) is -9.64. The molecule has 16 rings (SSSR count). The molecule has 0 saturated heterocycles. The van der Waals surface area contributed by atoms with Crippen LogP contribution in [0, 0.1) is 0 Å². The lowest BCUT2D eigenvalue weighted by Crippen LogP contribution is -2.43. The number of nitrogens with zero attached hydrogens (tertiary/aromatic N) is 5. The Labute approximate surface area is 885 Å². The minimum absolute atomic E-state index is 0.503. The van der Waals surface area contributed by atoms with Gasteiger partial charge in [-0.25, -0.2) is 9.56 Å². The van der Waals surface area contributed by atoms with Crippen LogP contribution in [0.5, 0.6) is 34.5 Å². The molecule has 0 fully saturated rings. The molecule has 0 aliphatic carbocycles. The molecule has 0 spiro atoms. The Bertz CT molecular complexity index is 6230. The van der Waals surface area contributed by atoms with Gasteiger partial charge in [-0.3, -0.25) is 0 Å². The van der Waals surface area contributed by atoms with E-state index in [4.69, 9.17) is 77.3 Å². The molecule has 0 aromatic heterocycles. The van der Waals surface area contributed by atoms with E-state index < -0.39 is 91.0 Å². The average molecular weight is 2180 g/mol. The van der Waals surface area contributed by atoms with Crippen molar-refractivity contribution in [1.29, 1.82) is 0 Å². The van der Waals surface area contributed by atoms with Crippen molar-refractivity contribution in [3.63, 3.8) is 0 Å². The Balaban J connectivity index is 0.757. The monoisotopic (exact) mass is 2180 g/mol. The lowest BCUT2D eigenvalue weighted by molar-refractivity contribution is 0.395. The number of benzene rings is 16. The number of hydrogen-bond donors (Lipinski definition) is 0. The Morgan fingerprint density at radius 2 is 0.428 bits per heavy atom. The second-order valence-corrected chi connectivity index (χ2v) is 84.0. The van der Waals surface area contributed by atoms with E-state index in [0.717, 1.165) is 16.9 Å². The van der Waals surface area contributed by atoms with Gasteiger partial charge in [-0.2, -0.15) is 14.7 Å². The van der Waals surface area contributed by atoms with Crippen LogP contribution >= 0.6 is 58.7 Å². The van der Waals surface area contributed by atoms with Gasteiger partial charge in [0, 0.05) is 80.8 Å². The summed E-state index contributed by atoms with van der Waals surface area (Å²) in [4.78, 5) is 0. The molecule has 0 saturated carbocycles. The Morgan fingerprint density at radius 3 is 0.634 bits per heavy atom. The van der Waals surface area contributed by atoms with Crippen molar-refractivity contribution < 1.29 is 27.1 Å². The molecule has 26 heteroatoms.